The molecule has 2 nitrogen and oxygen atoms in total. The van der Waals surface area contributed by atoms with Gasteiger partial charge in [0.05, 0.1) is 12.7 Å². The van der Waals surface area contributed by atoms with Crippen molar-refractivity contribution in [3.05, 3.63) is 0 Å². The number of hydrogen-bond donors (Lipinski definition) is 1. The third kappa shape index (κ3) is 7.05. The lowest BCUT2D eigenvalue weighted by Crippen LogP contribution is -2.29. The third-order valence-corrected chi connectivity index (χ3v) is 3.72. The molecule has 0 radical (unpaired) electrons. The molecule has 0 bridgehead atoms. The summed E-state index contributed by atoms with van der Waals surface area (Å²) < 4.78 is 5.97. The highest BCUT2D eigenvalue weighted by atomic mass is 16.5. The summed E-state index contributed by atoms with van der Waals surface area (Å²) in [5.74, 6) is 1.70. The van der Waals surface area contributed by atoms with Gasteiger partial charge in [-0.2, -0.15) is 0 Å². The van der Waals surface area contributed by atoms with Gasteiger partial charge in [0.15, 0.2) is 0 Å². The van der Waals surface area contributed by atoms with Crippen molar-refractivity contribution in [2.45, 2.75) is 65.4 Å². The average Bonchev–Trinajstić information content (AvgIpc) is 2.26. The predicted molar refractivity (Wildman–Crippen MR) is 74.3 cm³/mol. The van der Waals surface area contributed by atoms with E-state index in [0.717, 1.165) is 31.5 Å². The molecule has 2 unspecified atom stereocenters. The molecule has 1 rings (SSSR count). The second-order valence-corrected chi connectivity index (χ2v) is 5.87. The highest BCUT2D eigenvalue weighted by Gasteiger charge is 2.23. The Morgan fingerprint density at radius 2 is 1.71 bits per heavy atom. The molecule has 0 aromatic heterocycles. The van der Waals surface area contributed by atoms with E-state index in [1.54, 1.807) is 0 Å². The highest BCUT2D eigenvalue weighted by Crippen LogP contribution is 2.30. The zero-order chi connectivity index (χ0) is 12.5. The predicted octanol–water partition coefficient (Wildman–Crippen LogP) is 3.61. The van der Waals surface area contributed by atoms with Gasteiger partial charge in [-0.25, -0.2) is 0 Å². The van der Waals surface area contributed by atoms with E-state index in [1.165, 1.54) is 38.5 Å². The van der Waals surface area contributed by atoms with Gasteiger partial charge in [-0.1, -0.05) is 33.6 Å². The monoisotopic (exact) mass is 241 g/mol. The van der Waals surface area contributed by atoms with Crippen LogP contribution < -0.4 is 5.32 Å². The number of hydrogen-bond acceptors (Lipinski definition) is 2. The number of nitrogens with one attached hydrogen (secondary N) is 1. The van der Waals surface area contributed by atoms with E-state index in [0.29, 0.717) is 6.10 Å². The first-order valence-corrected chi connectivity index (χ1v) is 7.54. The summed E-state index contributed by atoms with van der Waals surface area (Å²) >= 11 is 0. The fraction of sp³-hybridized carbons (Fsp3) is 1.00. The van der Waals surface area contributed by atoms with E-state index in [4.69, 9.17) is 4.74 Å². The summed E-state index contributed by atoms with van der Waals surface area (Å²) in [4.78, 5) is 0. The first-order valence-electron chi connectivity index (χ1n) is 7.54. The van der Waals surface area contributed by atoms with E-state index >= 15 is 0 Å². The number of rotatable bonds is 8. The van der Waals surface area contributed by atoms with Crippen molar-refractivity contribution in [2.75, 3.05) is 19.7 Å². The molecule has 0 heterocycles. The summed E-state index contributed by atoms with van der Waals surface area (Å²) in [6.07, 6.45) is 8.37. The molecule has 0 spiro atoms. The van der Waals surface area contributed by atoms with Crippen LogP contribution in [-0.2, 0) is 4.74 Å². The molecule has 1 aliphatic rings. The molecule has 17 heavy (non-hydrogen) atoms. The SMILES string of the molecule is CCCCCNCCOC1CC(C)CC(C)C1. The molecular formula is C15H31NO. The first kappa shape index (κ1) is 15.0. The van der Waals surface area contributed by atoms with Crippen molar-refractivity contribution < 1.29 is 4.74 Å². The van der Waals surface area contributed by atoms with Crippen LogP contribution in [0.5, 0.6) is 0 Å². The van der Waals surface area contributed by atoms with Crippen LogP contribution in [0.1, 0.15) is 59.3 Å². The van der Waals surface area contributed by atoms with E-state index in [2.05, 4.69) is 26.1 Å². The van der Waals surface area contributed by atoms with Crippen molar-refractivity contribution in [1.82, 2.24) is 5.32 Å². The second kappa shape index (κ2) is 8.93. The zero-order valence-corrected chi connectivity index (χ0v) is 12.0. The van der Waals surface area contributed by atoms with Crippen molar-refractivity contribution in [1.29, 1.82) is 0 Å². The van der Waals surface area contributed by atoms with Gasteiger partial charge in [0.25, 0.3) is 0 Å². The van der Waals surface area contributed by atoms with Gasteiger partial charge in [-0.05, 0) is 44.1 Å². The molecule has 0 aromatic carbocycles. The topological polar surface area (TPSA) is 21.3 Å². The Bertz CT molecular complexity index is 174. The van der Waals surface area contributed by atoms with Crippen LogP contribution in [-0.4, -0.2) is 25.8 Å². The van der Waals surface area contributed by atoms with Crippen LogP contribution >= 0.6 is 0 Å². The van der Waals surface area contributed by atoms with Crippen LogP contribution in [0.4, 0.5) is 0 Å². The summed E-state index contributed by atoms with van der Waals surface area (Å²) in [6, 6.07) is 0. The summed E-state index contributed by atoms with van der Waals surface area (Å²) in [5.41, 5.74) is 0. The van der Waals surface area contributed by atoms with Gasteiger partial charge in [0.2, 0.25) is 0 Å². The van der Waals surface area contributed by atoms with Gasteiger partial charge in [0.1, 0.15) is 0 Å². The fourth-order valence-corrected chi connectivity index (χ4v) is 2.93. The minimum absolute atomic E-state index is 0.520. The zero-order valence-electron chi connectivity index (χ0n) is 12.0. The first-order chi connectivity index (χ1) is 8.22. The normalized spacial score (nSPS) is 29.5. The van der Waals surface area contributed by atoms with E-state index in [-0.39, 0.29) is 0 Å². The Morgan fingerprint density at radius 3 is 2.35 bits per heavy atom. The van der Waals surface area contributed by atoms with Gasteiger partial charge in [0, 0.05) is 6.54 Å². The Morgan fingerprint density at radius 1 is 1.00 bits per heavy atom. The lowest BCUT2D eigenvalue weighted by molar-refractivity contribution is 0.00274. The maximum atomic E-state index is 5.97. The Balaban J connectivity index is 1.95. The third-order valence-electron chi connectivity index (χ3n) is 3.72. The molecule has 102 valence electrons. The van der Waals surface area contributed by atoms with Crippen LogP contribution in [0.15, 0.2) is 0 Å². The van der Waals surface area contributed by atoms with Gasteiger partial charge in [-0.3, -0.25) is 0 Å². The lowest BCUT2D eigenvalue weighted by Gasteiger charge is -2.31. The number of ether oxygens (including phenoxy) is 1. The van der Waals surface area contributed by atoms with Crippen LogP contribution in [0, 0.1) is 11.8 Å². The minimum atomic E-state index is 0.520. The summed E-state index contributed by atoms with van der Waals surface area (Å²) in [5, 5.41) is 3.46. The molecule has 0 aliphatic heterocycles. The smallest absolute Gasteiger partial charge is 0.0594 e. The standard InChI is InChI=1S/C15H31NO/c1-4-5-6-7-16-8-9-17-15-11-13(2)10-14(3)12-15/h13-16H,4-12H2,1-3H3. The molecular weight excluding hydrogens is 210 g/mol. The van der Waals surface area contributed by atoms with Crippen molar-refractivity contribution in [3.8, 4) is 0 Å². The maximum absolute atomic E-state index is 5.97. The van der Waals surface area contributed by atoms with Crippen LogP contribution in [0.2, 0.25) is 0 Å². The van der Waals surface area contributed by atoms with Crippen molar-refractivity contribution in [2.24, 2.45) is 11.8 Å². The average molecular weight is 241 g/mol. The molecule has 2 atom stereocenters. The van der Waals surface area contributed by atoms with Crippen LogP contribution in [0.3, 0.4) is 0 Å². The quantitative estimate of drug-likeness (QED) is 0.656. The van der Waals surface area contributed by atoms with Gasteiger partial charge < -0.3 is 10.1 Å². The maximum Gasteiger partial charge on any atom is 0.0594 e. The minimum Gasteiger partial charge on any atom is -0.377 e. The molecule has 1 aliphatic carbocycles. The van der Waals surface area contributed by atoms with E-state index < -0.39 is 0 Å². The van der Waals surface area contributed by atoms with Crippen molar-refractivity contribution >= 4 is 0 Å². The summed E-state index contributed by atoms with van der Waals surface area (Å²) in [6.45, 7) is 10.0. The Labute approximate surface area is 108 Å². The Kier molecular flexibility index (Phi) is 7.87. The lowest BCUT2D eigenvalue weighted by atomic mass is 9.82. The molecule has 2 heteroatoms. The molecule has 0 aromatic rings. The highest BCUT2D eigenvalue weighted by molar-refractivity contribution is 4.75. The van der Waals surface area contributed by atoms with Crippen molar-refractivity contribution in [3.63, 3.8) is 0 Å². The molecule has 1 N–H and O–H groups in total. The van der Waals surface area contributed by atoms with Gasteiger partial charge in [-0.15, -0.1) is 0 Å². The molecule has 0 amide bonds. The van der Waals surface area contributed by atoms with E-state index in [1.807, 2.05) is 0 Å². The van der Waals surface area contributed by atoms with Gasteiger partial charge >= 0.3 is 0 Å². The summed E-state index contributed by atoms with van der Waals surface area (Å²) in [7, 11) is 0. The fourth-order valence-electron chi connectivity index (χ4n) is 2.93. The molecule has 1 fully saturated rings. The second-order valence-electron chi connectivity index (χ2n) is 5.87. The number of unbranched alkanes of at least 4 members (excludes halogenated alkanes) is 2. The van der Waals surface area contributed by atoms with Crippen LogP contribution in [0.25, 0.3) is 0 Å². The Hall–Kier alpha value is -0.0800. The largest absolute Gasteiger partial charge is 0.377 e. The van der Waals surface area contributed by atoms with E-state index in [9.17, 15) is 0 Å². The molecule has 1 saturated carbocycles. The molecule has 0 saturated heterocycles.